The van der Waals surface area contributed by atoms with Crippen LogP contribution in [-0.4, -0.2) is 42.3 Å². The number of alkyl halides is 13. The summed E-state index contributed by atoms with van der Waals surface area (Å²) in [6.45, 7) is -0.785. The summed E-state index contributed by atoms with van der Waals surface area (Å²) in [6, 6.07) is 0. The molecule has 1 nitrogen and oxygen atoms in total. The summed E-state index contributed by atoms with van der Waals surface area (Å²) in [4.78, 5) is 0. The van der Waals surface area contributed by atoms with E-state index in [1.165, 1.54) is 0 Å². The average Bonchev–Trinajstić information content (AvgIpc) is 2.34. The summed E-state index contributed by atoms with van der Waals surface area (Å²) >= 11 is 0. The minimum atomic E-state index is -7.84. The lowest BCUT2D eigenvalue weighted by atomic mass is 9.92. The quantitative estimate of drug-likeness (QED) is 0.652. The Kier molecular flexibility index (Phi) is 5.60. The highest BCUT2D eigenvalue weighted by molar-refractivity contribution is 5.10. The van der Waals surface area contributed by atoms with Gasteiger partial charge in [0.05, 0.1) is 0 Å². The summed E-state index contributed by atoms with van der Waals surface area (Å²) < 4.78 is 163. The molecule has 0 atom stereocenters. The molecule has 0 aromatic heterocycles. The van der Waals surface area contributed by atoms with E-state index in [9.17, 15) is 57.1 Å². The first-order valence-corrected chi connectivity index (χ1v) is 5.47. The van der Waals surface area contributed by atoms with E-state index in [0.29, 0.717) is 0 Å². The molecular weight excluding hydrogens is 369 g/mol. The van der Waals surface area contributed by atoms with E-state index in [-0.39, 0.29) is 0 Å². The predicted molar refractivity (Wildman–Crippen MR) is 49.1 cm³/mol. The summed E-state index contributed by atoms with van der Waals surface area (Å²) in [5.74, 6) is -36.4. The van der Waals surface area contributed by atoms with Crippen LogP contribution in [0.4, 0.5) is 57.1 Å². The van der Waals surface area contributed by atoms with E-state index >= 15 is 0 Å². The van der Waals surface area contributed by atoms with Crippen molar-refractivity contribution in [3.8, 4) is 0 Å². The van der Waals surface area contributed by atoms with Crippen LogP contribution in [0.1, 0.15) is 12.8 Å². The fourth-order valence-electron chi connectivity index (χ4n) is 1.28. The molecule has 0 spiro atoms. The molecule has 23 heavy (non-hydrogen) atoms. The predicted octanol–water partition coefficient (Wildman–Crippen LogP) is 4.46. The van der Waals surface area contributed by atoms with Gasteiger partial charge in [0.15, 0.2) is 0 Å². The summed E-state index contributed by atoms with van der Waals surface area (Å²) in [7, 11) is 0. The molecule has 0 heterocycles. The third kappa shape index (κ3) is 3.18. The van der Waals surface area contributed by atoms with Crippen LogP contribution in [0, 0.1) is 0 Å². The van der Waals surface area contributed by atoms with Gasteiger partial charge in [-0.2, -0.15) is 57.1 Å². The van der Waals surface area contributed by atoms with Crippen molar-refractivity contribution >= 4 is 0 Å². The lowest BCUT2D eigenvalue weighted by Crippen LogP contribution is -2.70. The van der Waals surface area contributed by atoms with Gasteiger partial charge in [-0.15, -0.1) is 0 Å². The molecule has 0 aromatic carbocycles. The van der Waals surface area contributed by atoms with E-state index in [1.54, 1.807) is 0 Å². The van der Waals surface area contributed by atoms with Crippen LogP contribution in [-0.2, 0) is 0 Å². The van der Waals surface area contributed by atoms with Gasteiger partial charge in [-0.3, -0.25) is 0 Å². The molecule has 0 aliphatic heterocycles. The normalized spacial score (nSPS) is 15.9. The summed E-state index contributed by atoms with van der Waals surface area (Å²) in [6.07, 6.45) is -10.7. The fourth-order valence-corrected chi connectivity index (χ4v) is 1.28. The molecule has 140 valence electrons. The first-order chi connectivity index (χ1) is 9.81. The highest BCUT2D eigenvalue weighted by atomic mass is 19.4. The van der Waals surface area contributed by atoms with Crippen LogP contribution in [0.3, 0.4) is 0 Å². The Labute approximate surface area is 119 Å². The first kappa shape index (κ1) is 22.1. The van der Waals surface area contributed by atoms with Crippen LogP contribution < -0.4 is 5.73 Å². The van der Waals surface area contributed by atoms with Crippen LogP contribution >= 0.6 is 0 Å². The van der Waals surface area contributed by atoms with Crippen molar-refractivity contribution in [1.82, 2.24) is 0 Å². The molecule has 0 bridgehead atoms. The van der Waals surface area contributed by atoms with Gasteiger partial charge >= 0.3 is 35.8 Å². The second kappa shape index (κ2) is 5.84. The van der Waals surface area contributed by atoms with Crippen molar-refractivity contribution in [2.45, 2.75) is 48.6 Å². The molecule has 0 aliphatic carbocycles. The maximum atomic E-state index is 13.0. The molecule has 0 amide bonds. The lowest BCUT2D eigenvalue weighted by molar-refractivity contribution is -0.440. The van der Waals surface area contributed by atoms with Crippen molar-refractivity contribution in [1.29, 1.82) is 0 Å². The summed E-state index contributed by atoms with van der Waals surface area (Å²) in [5, 5.41) is 0. The zero-order chi connectivity index (χ0) is 19.1. The Morgan fingerprint density at radius 3 is 1.17 bits per heavy atom. The first-order valence-electron chi connectivity index (χ1n) is 5.47. The number of rotatable bonds is 7. The van der Waals surface area contributed by atoms with Gasteiger partial charge in [-0.1, -0.05) is 0 Å². The second-order valence-electron chi connectivity index (χ2n) is 4.39. The number of hydrogen-bond acceptors (Lipinski definition) is 1. The Balaban J connectivity index is 6.03. The van der Waals surface area contributed by atoms with Crippen LogP contribution in [0.25, 0.3) is 0 Å². The number of halogens is 13. The molecule has 0 saturated carbocycles. The Bertz CT molecular complexity index is 410. The monoisotopic (exact) mass is 377 g/mol. The van der Waals surface area contributed by atoms with Crippen molar-refractivity contribution in [2.24, 2.45) is 5.73 Å². The smallest absolute Gasteiger partial charge is 0.330 e. The molecule has 0 fully saturated rings. The van der Waals surface area contributed by atoms with Gasteiger partial charge < -0.3 is 5.73 Å². The molecule has 14 heteroatoms. The summed E-state index contributed by atoms with van der Waals surface area (Å²) in [5.41, 5.74) is 4.62. The second-order valence-corrected chi connectivity index (χ2v) is 4.39. The minimum absolute atomic E-state index is 0.785. The third-order valence-electron chi connectivity index (χ3n) is 2.69. The Hall–Kier alpha value is -0.950. The van der Waals surface area contributed by atoms with Crippen LogP contribution in [0.15, 0.2) is 0 Å². The van der Waals surface area contributed by atoms with Crippen LogP contribution in [0.5, 0.6) is 0 Å². The zero-order valence-corrected chi connectivity index (χ0v) is 10.6. The van der Waals surface area contributed by atoms with Crippen molar-refractivity contribution in [3.63, 3.8) is 0 Å². The van der Waals surface area contributed by atoms with Crippen molar-refractivity contribution in [2.75, 3.05) is 6.54 Å². The molecular formula is C9H8F13N. The average molecular weight is 377 g/mol. The number of hydrogen-bond donors (Lipinski definition) is 1. The zero-order valence-electron chi connectivity index (χ0n) is 10.6. The maximum Gasteiger partial charge on any atom is 0.460 e. The standard InChI is InChI=1S/C9H8F13N/c10-4(11,2-1-3-23)5(12,13)6(14,15)7(16,17)8(18,19)9(20,21)22/h1-3,23H2. The SMILES string of the molecule is NCCCC(F)(F)C(F)(F)C(F)(F)C(F)(F)C(F)(F)C(F)(F)F. The van der Waals surface area contributed by atoms with E-state index in [0.717, 1.165) is 0 Å². The topological polar surface area (TPSA) is 26.0 Å². The van der Waals surface area contributed by atoms with Crippen LogP contribution in [0.2, 0.25) is 0 Å². The van der Waals surface area contributed by atoms with Gasteiger partial charge in [-0.25, -0.2) is 0 Å². The molecule has 0 radical (unpaired) electrons. The third-order valence-corrected chi connectivity index (χ3v) is 2.69. The van der Waals surface area contributed by atoms with Gasteiger partial charge in [0.1, 0.15) is 0 Å². The van der Waals surface area contributed by atoms with E-state index in [2.05, 4.69) is 5.73 Å². The lowest BCUT2D eigenvalue weighted by Gasteiger charge is -2.39. The van der Waals surface area contributed by atoms with Crippen molar-refractivity contribution < 1.29 is 57.1 Å². The fraction of sp³-hybridized carbons (Fsp3) is 1.00. The van der Waals surface area contributed by atoms with E-state index in [1.807, 2.05) is 0 Å². The van der Waals surface area contributed by atoms with Gasteiger partial charge in [0, 0.05) is 6.42 Å². The molecule has 0 aromatic rings. The molecule has 0 aliphatic rings. The van der Waals surface area contributed by atoms with E-state index in [4.69, 9.17) is 0 Å². The van der Waals surface area contributed by atoms with Gasteiger partial charge in [0.25, 0.3) is 0 Å². The number of nitrogens with two attached hydrogens (primary N) is 1. The minimum Gasteiger partial charge on any atom is -0.330 e. The largest absolute Gasteiger partial charge is 0.460 e. The molecule has 0 rings (SSSR count). The highest BCUT2D eigenvalue weighted by Gasteiger charge is 2.90. The molecule has 2 N–H and O–H groups in total. The molecule has 0 unspecified atom stereocenters. The van der Waals surface area contributed by atoms with Crippen molar-refractivity contribution in [3.05, 3.63) is 0 Å². The van der Waals surface area contributed by atoms with Gasteiger partial charge in [0.2, 0.25) is 0 Å². The molecule has 0 saturated heterocycles. The Morgan fingerprint density at radius 2 is 0.870 bits per heavy atom. The Morgan fingerprint density at radius 1 is 0.522 bits per heavy atom. The maximum absolute atomic E-state index is 13.0. The van der Waals surface area contributed by atoms with Gasteiger partial charge in [-0.05, 0) is 13.0 Å². The highest BCUT2D eigenvalue weighted by Crippen LogP contribution is 2.60. The van der Waals surface area contributed by atoms with E-state index < -0.39 is 55.2 Å².